The monoisotopic (exact) mass is 454 g/mol. The minimum Gasteiger partial charge on any atom is -0.378 e. The van der Waals surface area contributed by atoms with Crippen molar-refractivity contribution < 1.29 is 9.53 Å². The Morgan fingerprint density at radius 2 is 1.92 bits per heavy atom. The number of aliphatic imine (C=N–C) groups is 1. The summed E-state index contributed by atoms with van der Waals surface area (Å²) in [6.45, 7) is 6.61. The minimum absolute atomic E-state index is 0. The van der Waals surface area contributed by atoms with Crippen LogP contribution in [-0.2, 0) is 9.53 Å². The second kappa shape index (κ2) is 13.7. The zero-order valence-electron chi connectivity index (χ0n) is 15.6. The summed E-state index contributed by atoms with van der Waals surface area (Å²) in [6, 6.07) is 0. The topological polar surface area (TPSA) is 66.0 Å². The van der Waals surface area contributed by atoms with Crippen LogP contribution in [0.2, 0.25) is 0 Å². The van der Waals surface area contributed by atoms with Gasteiger partial charge in [-0.15, -0.1) is 24.0 Å². The largest absolute Gasteiger partial charge is 0.378 e. The molecule has 24 heavy (non-hydrogen) atoms. The van der Waals surface area contributed by atoms with E-state index in [1.807, 2.05) is 6.92 Å². The summed E-state index contributed by atoms with van der Waals surface area (Å²) in [5.41, 5.74) is 0. The fourth-order valence-corrected chi connectivity index (χ4v) is 2.96. The van der Waals surface area contributed by atoms with Crippen LogP contribution in [0.15, 0.2) is 4.99 Å². The number of hydrogen-bond acceptors (Lipinski definition) is 3. The van der Waals surface area contributed by atoms with Gasteiger partial charge in [0, 0.05) is 33.8 Å². The number of carbonyl (C=O) groups excluding carboxylic acids is 1. The number of ether oxygens (including phenoxy) is 1. The lowest BCUT2D eigenvalue weighted by molar-refractivity contribution is -0.127. The molecule has 1 rings (SSSR count). The predicted octanol–water partition coefficient (Wildman–Crippen LogP) is 2.23. The van der Waals surface area contributed by atoms with E-state index >= 15 is 0 Å². The van der Waals surface area contributed by atoms with Gasteiger partial charge in [-0.05, 0) is 39.0 Å². The van der Waals surface area contributed by atoms with E-state index in [0.717, 1.165) is 26.1 Å². The van der Waals surface area contributed by atoms with Gasteiger partial charge in [-0.2, -0.15) is 0 Å². The van der Waals surface area contributed by atoms with Gasteiger partial charge in [0.25, 0.3) is 0 Å². The van der Waals surface area contributed by atoms with E-state index in [1.54, 1.807) is 19.0 Å². The Hall–Kier alpha value is -0.570. The highest BCUT2D eigenvalue weighted by Gasteiger charge is 2.25. The van der Waals surface area contributed by atoms with Crippen molar-refractivity contribution in [3.63, 3.8) is 0 Å². The third-order valence-corrected chi connectivity index (χ3v) is 4.24. The molecule has 1 fully saturated rings. The van der Waals surface area contributed by atoms with Crippen molar-refractivity contribution in [1.82, 2.24) is 15.5 Å². The lowest BCUT2D eigenvalue weighted by atomic mass is 9.98. The highest BCUT2D eigenvalue weighted by atomic mass is 127. The summed E-state index contributed by atoms with van der Waals surface area (Å²) in [5.74, 6) is 1.40. The van der Waals surface area contributed by atoms with Crippen LogP contribution in [0.3, 0.4) is 0 Å². The first-order valence-electron chi connectivity index (χ1n) is 8.92. The van der Waals surface area contributed by atoms with Crippen molar-refractivity contribution in [1.29, 1.82) is 0 Å². The lowest BCUT2D eigenvalue weighted by Gasteiger charge is -2.24. The van der Waals surface area contributed by atoms with Gasteiger partial charge in [0.1, 0.15) is 6.54 Å². The molecule has 1 amide bonds. The molecule has 1 aliphatic carbocycles. The molecule has 1 aliphatic rings. The van der Waals surface area contributed by atoms with E-state index in [-0.39, 0.29) is 36.4 Å². The maximum absolute atomic E-state index is 11.6. The van der Waals surface area contributed by atoms with E-state index in [4.69, 9.17) is 4.74 Å². The molecule has 6 nitrogen and oxygen atoms in total. The molecular formula is C17H35IN4O2. The van der Waals surface area contributed by atoms with Crippen LogP contribution in [0, 0.1) is 5.92 Å². The van der Waals surface area contributed by atoms with Crippen molar-refractivity contribution >= 4 is 35.8 Å². The van der Waals surface area contributed by atoms with Gasteiger partial charge in [-0.25, -0.2) is 4.99 Å². The summed E-state index contributed by atoms with van der Waals surface area (Å²) in [4.78, 5) is 17.5. The van der Waals surface area contributed by atoms with Gasteiger partial charge >= 0.3 is 0 Å². The Kier molecular flexibility index (Phi) is 13.4. The molecule has 1 atom stereocenters. The van der Waals surface area contributed by atoms with E-state index in [2.05, 4.69) is 22.5 Å². The van der Waals surface area contributed by atoms with Crippen molar-refractivity contribution in [2.45, 2.75) is 52.1 Å². The number of hydrogen-bond donors (Lipinski definition) is 2. The number of guanidine groups is 1. The van der Waals surface area contributed by atoms with Gasteiger partial charge in [-0.1, -0.05) is 12.8 Å². The van der Waals surface area contributed by atoms with Crippen LogP contribution in [0.1, 0.15) is 46.0 Å². The number of carbonyl (C=O) groups is 1. The van der Waals surface area contributed by atoms with Crippen LogP contribution in [-0.4, -0.2) is 63.2 Å². The Morgan fingerprint density at radius 3 is 2.46 bits per heavy atom. The molecule has 0 aliphatic heterocycles. The molecular weight excluding hydrogens is 419 g/mol. The highest BCUT2D eigenvalue weighted by Crippen LogP contribution is 2.30. The average Bonchev–Trinajstić information content (AvgIpc) is 3.05. The molecule has 0 aromatic rings. The Labute approximate surface area is 164 Å². The fraction of sp³-hybridized carbons (Fsp3) is 0.882. The first-order valence-corrected chi connectivity index (χ1v) is 8.92. The summed E-state index contributed by atoms with van der Waals surface area (Å²) in [5, 5.41) is 6.49. The minimum atomic E-state index is 0. The van der Waals surface area contributed by atoms with Gasteiger partial charge in [0.2, 0.25) is 5.91 Å². The number of halogens is 1. The van der Waals surface area contributed by atoms with Gasteiger partial charge in [0.05, 0.1) is 6.10 Å². The maximum atomic E-state index is 11.6. The van der Waals surface area contributed by atoms with Gasteiger partial charge in [-0.3, -0.25) is 4.79 Å². The molecule has 142 valence electrons. The van der Waals surface area contributed by atoms with E-state index in [0.29, 0.717) is 18.0 Å². The van der Waals surface area contributed by atoms with Gasteiger partial charge < -0.3 is 20.3 Å². The van der Waals surface area contributed by atoms with E-state index < -0.39 is 0 Å². The van der Waals surface area contributed by atoms with Crippen molar-refractivity contribution in [2.75, 3.05) is 40.3 Å². The summed E-state index contributed by atoms with van der Waals surface area (Å²) in [6.07, 6.45) is 6.55. The van der Waals surface area contributed by atoms with E-state index in [1.165, 1.54) is 25.7 Å². The zero-order valence-corrected chi connectivity index (χ0v) is 18.0. The smallest absolute Gasteiger partial charge is 0.243 e. The molecule has 7 heteroatoms. The number of rotatable bonds is 9. The second-order valence-corrected chi connectivity index (χ2v) is 6.24. The van der Waals surface area contributed by atoms with E-state index in [9.17, 15) is 4.79 Å². The predicted molar refractivity (Wildman–Crippen MR) is 110 cm³/mol. The Balaban J connectivity index is 0.00000529. The molecule has 2 N–H and O–H groups in total. The molecule has 0 bridgehead atoms. The molecule has 0 aromatic carbocycles. The summed E-state index contributed by atoms with van der Waals surface area (Å²) >= 11 is 0. The second-order valence-electron chi connectivity index (χ2n) is 6.24. The zero-order chi connectivity index (χ0) is 17.1. The molecule has 0 spiro atoms. The van der Waals surface area contributed by atoms with Crippen LogP contribution < -0.4 is 10.6 Å². The van der Waals surface area contributed by atoms with Crippen molar-refractivity contribution in [3.05, 3.63) is 0 Å². The molecule has 0 aromatic heterocycles. The Morgan fingerprint density at radius 1 is 1.25 bits per heavy atom. The average molecular weight is 454 g/mol. The standard InChI is InChI=1S/C17H34N4O2.HI/c1-5-18-17(20-13-16(22)21(3)4)19-12-11-15(23-6-2)14-9-7-8-10-14;/h14-15H,5-13H2,1-4H3,(H2,18,19,20);1H. The lowest BCUT2D eigenvalue weighted by Crippen LogP contribution is -2.40. The fourth-order valence-electron chi connectivity index (χ4n) is 2.96. The van der Waals surface area contributed by atoms with Crippen LogP contribution in [0.4, 0.5) is 0 Å². The number of nitrogens with zero attached hydrogens (tertiary/aromatic N) is 2. The van der Waals surface area contributed by atoms with Crippen molar-refractivity contribution in [2.24, 2.45) is 10.9 Å². The third-order valence-electron chi connectivity index (χ3n) is 4.24. The SMILES string of the molecule is CCNC(=NCC(=O)N(C)C)NCCC(OCC)C1CCCC1.I. The summed E-state index contributed by atoms with van der Waals surface area (Å²) in [7, 11) is 3.49. The number of nitrogens with one attached hydrogen (secondary N) is 2. The van der Waals surface area contributed by atoms with Crippen LogP contribution in [0.5, 0.6) is 0 Å². The maximum Gasteiger partial charge on any atom is 0.243 e. The number of likely N-dealkylation sites (N-methyl/N-ethyl adjacent to an activating group) is 1. The molecule has 0 saturated heterocycles. The Bertz CT molecular complexity index is 372. The molecule has 1 saturated carbocycles. The normalized spacial score (nSPS) is 16.4. The molecule has 0 radical (unpaired) electrons. The van der Waals surface area contributed by atoms with Gasteiger partial charge in [0.15, 0.2) is 5.96 Å². The van der Waals surface area contributed by atoms with Crippen LogP contribution >= 0.6 is 24.0 Å². The highest BCUT2D eigenvalue weighted by molar-refractivity contribution is 14.0. The summed E-state index contributed by atoms with van der Waals surface area (Å²) < 4.78 is 5.94. The van der Waals surface area contributed by atoms with Crippen molar-refractivity contribution in [3.8, 4) is 0 Å². The number of amides is 1. The first kappa shape index (κ1) is 23.4. The molecule has 1 unspecified atom stereocenters. The molecule has 0 heterocycles. The quantitative estimate of drug-likeness (QED) is 0.319. The van der Waals surface area contributed by atoms with Crippen LogP contribution in [0.25, 0.3) is 0 Å². The first-order chi connectivity index (χ1) is 11.1. The third kappa shape index (κ3) is 9.05.